The fourth-order valence-corrected chi connectivity index (χ4v) is 4.50. The smallest absolute Gasteiger partial charge is 0.310 e. The SMILES string of the molecule is CCOC(=O)[C@H]1CCCN(C(=O)Cc2cccc(N(Cc3ccc(C)cc3)C(=O)C3CC3)c2)C1. The lowest BCUT2D eigenvalue weighted by atomic mass is 9.97. The number of rotatable bonds is 8. The van der Waals surface area contributed by atoms with Crippen LogP contribution in [0.3, 0.4) is 0 Å². The van der Waals surface area contributed by atoms with Crippen molar-refractivity contribution < 1.29 is 19.1 Å². The minimum Gasteiger partial charge on any atom is -0.466 e. The number of ether oxygens (including phenoxy) is 1. The van der Waals surface area contributed by atoms with Gasteiger partial charge < -0.3 is 14.5 Å². The van der Waals surface area contributed by atoms with Crippen LogP contribution in [0.1, 0.15) is 49.3 Å². The molecule has 0 aromatic heterocycles. The second-order valence-corrected chi connectivity index (χ2v) is 9.46. The van der Waals surface area contributed by atoms with E-state index in [1.54, 1.807) is 11.8 Å². The highest BCUT2D eigenvalue weighted by Gasteiger charge is 2.34. The van der Waals surface area contributed by atoms with Crippen molar-refractivity contribution in [3.63, 3.8) is 0 Å². The Morgan fingerprint density at radius 1 is 1.00 bits per heavy atom. The van der Waals surface area contributed by atoms with Crippen molar-refractivity contribution in [2.45, 2.75) is 52.5 Å². The van der Waals surface area contributed by atoms with Gasteiger partial charge in [0.1, 0.15) is 0 Å². The van der Waals surface area contributed by atoms with E-state index in [0.29, 0.717) is 26.2 Å². The van der Waals surface area contributed by atoms with Crippen LogP contribution in [-0.2, 0) is 32.1 Å². The summed E-state index contributed by atoms with van der Waals surface area (Å²) in [5.74, 6) is -0.205. The third-order valence-corrected chi connectivity index (χ3v) is 6.63. The lowest BCUT2D eigenvalue weighted by Crippen LogP contribution is -2.43. The van der Waals surface area contributed by atoms with E-state index in [1.165, 1.54) is 5.56 Å². The number of amides is 2. The lowest BCUT2D eigenvalue weighted by Gasteiger charge is -2.31. The monoisotopic (exact) mass is 462 g/mol. The maximum atomic E-state index is 13.1. The summed E-state index contributed by atoms with van der Waals surface area (Å²) in [4.78, 5) is 41.9. The molecule has 1 atom stereocenters. The van der Waals surface area contributed by atoms with Gasteiger partial charge in [0.15, 0.2) is 0 Å². The molecule has 0 spiro atoms. The molecular weight excluding hydrogens is 428 g/mol. The first-order valence-electron chi connectivity index (χ1n) is 12.3. The number of piperidine rings is 1. The number of nitrogens with zero attached hydrogens (tertiary/aromatic N) is 2. The predicted molar refractivity (Wildman–Crippen MR) is 131 cm³/mol. The molecule has 1 aliphatic carbocycles. The number of hydrogen-bond donors (Lipinski definition) is 0. The highest BCUT2D eigenvalue weighted by molar-refractivity contribution is 5.96. The topological polar surface area (TPSA) is 66.9 Å². The van der Waals surface area contributed by atoms with Gasteiger partial charge in [0.2, 0.25) is 11.8 Å². The lowest BCUT2D eigenvalue weighted by molar-refractivity contribution is -0.151. The van der Waals surface area contributed by atoms with Crippen molar-refractivity contribution in [1.82, 2.24) is 4.90 Å². The number of carbonyl (C=O) groups is 3. The second-order valence-electron chi connectivity index (χ2n) is 9.46. The van der Waals surface area contributed by atoms with Gasteiger partial charge in [-0.3, -0.25) is 14.4 Å². The summed E-state index contributed by atoms with van der Waals surface area (Å²) in [5, 5.41) is 0. The van der Waals surface area contributed by atoms with E-state index in [2.05, 4.69) is 31.2 Å². The highest BCUT2D eigenvalue weighted by Crippen LogP contribution is 2.34. The first kappa shape index (κ1) is 24.0. The zero-order valence-electron chi connectivity index (χ0n) is 20.2. The van der Waals surface area contributed by atoms with E-state index < -0.39 is 0 Å². The van der Waals surface area contributed by atoms with E-state index in [-0.39, 0.29) is 36.0 Å². The molecule has 0 N–H and O–H groups in total. The molecule has 6 heteroatoms. The number of esters is 1. The minimum absolute atomic E-state index is 0.00440. The van der Waals surface area contributed by atoms with E-state index in [0.717, 1.165) is 42.5 Å². The van der Waals surface area contributed by atoms with Crippen LogP contribution in [0.5, 0.6) is 0 Å². The largest absolute Gasteiger partial charge is 0.466 e. The molecule has 2 aliphatic rings. The normalized spacial score (nSPS) is 17.8. The summed E-state index contributed by atoms with van der Waals surface area (Å²) in [5.41, 5.74) is 3.97. The Labute approximate surface area is 201 Å². The number of hydrogen-bond acceptors (Lipinski definition) is 4. The van der Waals surface area contributed by atoms with Gasteiger partial charge in [-0.25, -0.2) is 0 Å². The average Bonchev–Trinajstić information content (AvgIpc) is 3.69. The third-order valence-electron chi connectivity index (χ3n) is 6.63. The van der Waals surface area contributed by atoms with Crippen molar-refractivity contribution in [3.05, 3.63) is 65.2 Å². The van der Waals surface area contributed by atoms with Crippen LogP contribution in [0.25, 0.3) is 0 Å². The van der Waals surface area contributed by atoms with Crippen LogP contribution in [-0.4, -0.2) is 42.4 Å². The molecule has 1 aliphatic heterocycles. The van der Waals surface area contributed by atoms with E-state index >= 15 is 0 Å². The molecule has 34 heavy (non-hydrogen) atoms. The first-order chi connectivity index (χ1) is 16.4. The molecule has 1 saturated heterocycles. The van der Waals surface area contributed by atoms with Gasteiger partial charge in [0, 0.05) is 24.7 Å². The Morgan fingerprint density at radius 2 is 1.76 bits per heavy atom. The molecule has 0 bridgehead atoms. The molecular formula is C28H34N2O4. The average molecular weight is 463 g/mol. The third kappa shape index (κ3) is 6.04. The fraction of sp³-hybridized carbons (Fsp3) is 0.464. The van der Waals surface area contributed by atoms with E-state index in [9.17, 15) is 14.4 Å². The van der Waals surface area contributed by atoms with Gasteiger partial charge in [-0.1, -0.05) is 42.0 Å². The van der Waals surface area contributed by atoms with Gasteiger partial charge in [-0.15, -0.1) is 0 Å². The maximum Gasteiger partial charge on any atom is 0.310 e. The van der Waals surface area contributed by atoms with Crippen LogP contribution in [0.15, 0.2) is 48.5 Å². The summed E-state index contributed by atoms with van der Waals surface area (Å²) in [6, 6.07) is 16.0. The van der Waals surface area contributed by atoms with Gasteiger partial charge in [0.05, 0.1) is 25.5 Å². The highest BCUT2D eigenvalue weighted by atomic mass is 16.5. The van der Waals surface area contributed by atoms with Crippen molar-refractivity contribution in [2.75, 3.05) is 24.6 Å². The second kappa shape index (κ2) is 10.9. The number of anilines is 1. The molecule has 6 nitrogen and oxygen atoms in total. The summed E-state index contributed by atoms with van der Waals surface area (Å²) in [6.45, 7) is 5.79. The molecule has 0 radical (unpaired) electrons. The van der Waals surface area contributed by atoms with Crippen LogP contribution in [0.4, 0.5) is 5.69 Å². The standard InChI is InChI=1S/C28H34N2O4/c1-3-34-28(33)24-7-5-15-29(19-24)26(31)17-22-6-4-8-25(16-22)30(27(32)23-13-14-23)18-21-11-9-20(2)10-12-21/h4,6,8-12,16,23-24H,3,5,7,13-15,17-19H2,1-2H3/t24-/m0/s1. The van der Waals surface area contributed by atoms with Crippen molar-refractivity contribution in [2.24, 2.45) is 11.8 Å². The maximum absolute atomic E-state index is 13.1. The van der Waals surface area contributed by atoms with Gasteiger partial charge in [-0.05, 0) is 62.8 Å². The summed E-state index contributed by atoms with van der Waals surface area (Å²) in [7, 11) is 0. The van der Waals surface area contributed by atoms with E-state index in [1.807, 2.05) is 29.2 Å². The number of benzene rings is 2. The Hall–Kier alpha value is -3.15. The Bertz CT molecular complexity index is 1030. The Kier molecular flexibility index (Phi) is 7.66. The predicted octanol–water partition coefficient (Wildman–Crippen LogP) is 4.28. The van der Waals surface area contributed by atoms with Crippen LogP contribution >= 0.6 is 0 Å². The molecule has 0 unspecified atom stereocenters. The molecule has 1 saturated carbocycles. The molecule has 180 valence electrons. The quantitative estimate of drug-likeness (QED) is 0.549. The first-order valence-corrected chi connectivity index (χ1v) is 12.3. The molecule has 2 fully saturated rings. The number of aryl methyl sites for hydroxylation is 1. The Morgan fingerprint density at radius 3 is 2.47 bits per heavy atom. The Balaban J connectivity index is 1.46. The molecule has 2 amide bonds. The minimum atomic E-state index is -0.245. The number of likely N-dealkylation sites (tertiary alicyclic amines) is 1. The van der Waals surface area contributed by atoms with Crippen LogP contribution < -0.4 is 4.90 Å². The zero-order valence-corrected chi connectivity index (χ0v) is 20.2. The van der Waals surface area contributed by atoms with Gasteiger partial charge in [0.25, 0.3) is 0 Å². The molecule has 1 heterocycles. The molecule has 2 aromatic carbocycles. The molecule has 4 rings (SSSR count). The molecule has 2 aromatic rings. The summed E-state index contributed by atoms with van der Waals surface area (Å²) < 4.78 is 5.16. The van der Waals surface area contributed by atoms with Crippen LogP contribution in [0, 0.1) is 18.8 Å². The van der Waals surface area contributed by atoms with Crippen molar-refractivity contribution in [1.29, 1.82) is 0 Å². The summed E-state index contributed by atoms with van der Waals surface area (Å²) in [6.07, 6.45) is 3.69. The van der Waals surface area contributed by atoms with Crippen molar-refractivity contribution in [3.8, 4) is 0 Å². The fourth-order valence-electron chi connectivity index (χ4n) is 4.50. The summed E-state index contributed by atoms with van der Waals surface area (Å²) >= 11 is 0. The van der Waals surface area contributed by atoms with Gasteiger partial charge >= 0.3 is 5.97 Å². The zero-order chi connectivity index (χ0) is 24.1. The van der Waals surface area contributed by atoms with Crippen LogP contribution in [0.2, 0.25) is 0 Å². The number of carbonyl (C=O) groups excluding carboxylic acids is 3. The van der Waals surface area contributed by atoms with E-state index in [4.69, 9.17) is 4.74 Å². The van der Waals surface area contributed by atoms with Crippen molar-refractivity contribution >= 4 is 23.5 Å². The van der Waals surface area contributed by atoms with Gasteiger partial charge in [-0.2, -0.15) is 0 Å².